The van der Waals surface area contributed by atoms with Gasteiger partial charge < -0.3 is 14.5 Å². The SMILES string of the molecule is CCN(CC)C(=O)c1csc(COc2ccc3c(c2)C(c2cccc(F)c2)N(C(C)=O)CC3)n1. The summed E-state index contributed by atoms with van der Waals surface area (Å²) in [6, 6.07) is 11.8. The fourth-order valence-corrected chi connectivity index (χ4v) is 5.03. The number of nitrogens with zero attached hydrogens (tertiary/aromatic N) is 3. The van der Waals surface area contributed by atoms with Gasteiger partial charge >= 0.3 is 0 Å². The number of thiazole rings is 1. The number of hydrogen-bond acceptors (Lipinski definition) is 5. The highest BCUT2D eigenvalue weighted by atomic mass is 32.1. The fourth-order valence-electron chi connectivity index (χ4n) is 4.35. The summed E-state index contributed by atoms with van der Waals surface area (Å²) < 4.78 is 20.0. The molecule has 1 atom stereocenters. The van der Waals surface area contributed by atoms with Gasteiger partial charge in [0, 0.05) is 31.9 Å². The summed E-state index contributed by atoms with van der Waals surface area (Å²) in [6.07, 6.45) is 0.727. The molecule has 1 aromatic heterocycles. The molecule has 3 aromatic rings. The van der Waals surface area contributed by atoms with Crippen molar-refractivity contribution in [3.63, 3.8) is 0 Å². The monoisotopic (exact) mass is 481 g/mol. The maximum Gasteiger partial charge on any atom is 0.273 e. The molecule has 0 bridgehead atoms. The average molecular weight is 482 g/mol. The molecule has 0 saturated carbocycles. The number of carbonyl (C=O) groups is 2. The van der Waals surface area contributed by atoms with Crippen molar-refractivity contribution < 1.29 is 18.7 Å². The summed E-state index contributed by atoms with van der Waals surface area (Å²) >= 11 is 1.39. The molecule has 34 heavy (non-hydrogen) atoms. The summed E-state index contributed by atoms with van der Waals surface area (Å²) in [5.74, 6) is 0.166. The third-order valence-electron chi connectivity index (χ3n) is 6.10. The number of hydrogen-bond donors (Lipinski definition) is 0. The zero-order chi connectivity index (χ0) is 24.2. The third kappa shape index (κ3) is 4.97. The highest BCUT2D eigenvalue weighted by Crippen LogP contribution is 2.37. The number of fused-ring (bicyclic) bond motifs is 1. The van der Waals surface area contributed by atoms with E-state index < -0.39 is 0 Å². The quantitative estimate of drug-likeness (QED) is 0.485. The highest BCUT2D eigenvalue weighted by molar-refractivity contribution is 7.09. The van der Waals surface area contributed by atoms with Crippen LogP contribution in [0.2, 0.25) is 0 Å². The minimum atomic E-state index is -0.376. The number of aromatic nitrogens is 1. The molecule has 2 heterocycles. The van der Waals surface area contributed by atoms with Crippen molar-refractivity contribution in [2.45, 2.75) is 39.8 Å². The van der Waals surface area contributed by atoms with E-state index in [1.165, 1.54) is 30.4 Å². The maximum absolute atomic E-state index is 14.0. The Balaban J connectivity index is 1.56. The molecule has 6 nitrogen and oxygen atoms in total. The molecule has 0 spiro atoms. The van der Waals surface area contributed by atoms with Crippen molar-refractivity contribution in [1.82, 2.24) is 14.8 Å². The van der Waals surface area contributed by atoms with Gasteiger partial charge in [0.2, 0.25) is 5.91 Å². The van der Waals surface area contributed by atoms with Crippen molar-refractivity contribution in [3.05, 3.63) is 81.1 Å². The second kappa shape index (κ2) is 10.3. The largest absolute Gasteiger partial charge is 0.486 e. The Morgan fingerprint density at radius 2 is 2.00 bits per heavy atom. The van der Waals surface area contributed by atoms with Crippen LogP contribution < -0.4 is 4.74 Å². The van der Waals surface area contributed by atoms with E-state index in [0.29, 0.717) is 36.1 Å². The van der Waals surface area contributed by atoms with Gasteiger partial charge in [-0.15, -0.1) is 11.3 Å². The second-order valence-electron chi connectivity index (χ2n) is 8.17. The minimum Gasteiger partial charge on any atom is -0.486 e. The van der Waals surface area contributed by atoms with E-state index in [2.05, 4.69) is 4.98 Å². The Kier molecular flexibility index (Phi) is 7.26. The van der Waals surface area contributed by atoms with Gasteiger partial charge in [0.15, 0.2) is 0 Å². The Bertz CT molecular complexity index is 1190. The van der Waals surface area contributed by atoms with Crippen molar-refractivity contribution in [2.75, 3.05) is 19.6 Å². The summed E-state index contributed by atoms with van der Waals surface area (Å²) in [4.78, 5) is 32.8. The zero-order valence-corrected chi connectivity index (χ0v) is 20.4. The normalized spacial score (nSPS) is 15.1. The van der Waals surface area contributed by atoms with E-state index in [9.17, 15) is 14.0 Å². The Morgan fingerprint density at radius 3 is 2.71 bits per heavy atom. The number of halogens is 1. The summed E-state index contributed by atoms with van der Waals surface area (Å²) in [5, 5.41) is 2.47. The van der Waals surface area contributed by atoms with Crippen LogP contribution in [-0.4, -0.2) is 46.2 Å². The molecule has 1 unspecified atom stereocenters. The molecule has 1 aliphatic heterocycles. The number of ether oxygens (including phenoxy) is 1. The van der Waals surface area contributed by atoms with E-state index >= 15 is 0 Å². The van der Waals surface area contributed by atoms with Crippen LogP contribution in [0, 0.1) is 5.82 Å². The van der Waals surface area contributed by atoms with Gasteiger partial charge in [0.25, 0.3) is 5.91 Å². The van der Waals surface area contributed by atoms with Gasteiger partial charge in [0.1, 0.15) is 28.9 Å². The molecular weight excluding hydrogens is 453 g/mol. The molecule has 1 aliphatic rings. The van der Waals surface area contributed by atoms with Crippen molar-refractivity contribution in [2.24, 2.45) is 0 Å². The Morgan fingerprint density at radius 1 is 1.21 bits per heavy atom. The molecule has 0 saturated heterocycles. The van der Waals surface area contributed by atoms with Gasteiger partial charge in [-0.1, -0.05) is 18.2 Å². The number of rotatable bonds is 7. The molecule has 178 valence electrons. The third-order valence-corrected chi connectivity index (χ3v) is 6.92. The maximum atomic E-state index is 14.0. The molecule has 2 aromatic carbocycles. The first-order chi connectivity index (χ1) is 16.4. The average Bonchev–Trinajstić information content (AvgIpc) is 3.31. The lowest BCUT2D eigenvalue weighted by molar-refractivity contribution is -0.130. The smallest absolute Gasteiger partial charge is 0.273 e. The highest BCUT2D eigenvalue weighted by Gasteiger charge is 2.31. The molecule has 2 amide bonds. The number of amides is 2. The van der Waals surface area contributed by atoms with E-state index in [1.54, 1.807) is 21.2 Å². The summed E-state index contributed by atoms with van der Waals surface area (Å²) in [6.45, 7) is 7.50. The van der Waals surface area contributed by atoms with Crippen molar-refractivity contribution in [3.8, 4) is 5.75 Å². The molecule has 4 rings (SSSR count). The van der Waals surface area contributed by atoms with E-state index in [4.69, 9.17) is 4.74 Å². The zero-order valence-electron chi connectivity index (χ0n) is 19.6. The predicted octanol–water partition coefficient (Wildman–Crippen LogP) is 4.84. The second-order valence-corrected chi connectivity index (χ2v) is 9.12. The topological polar surface area (TPSA) is 62.7 Å². The van der Waals surface area contributed by atoms with Crippen LogP contribution in [0.15, 0.2) is 47.8 Å². The first kappa shape index (κ1) is 23.9. The van der Waals surface area contributed by atoms with Crippen LogP contribution in [0.3, 0.4) is 0 Å². The van der Waals surface area contributed by atoms with Crippen LogP contribution >= 0.6 is 11.3 Å². The van der Waals surface area contributed by atoms with Crippen molar-refractivity contribution in [1.29, 1.82) is 0 Å². The molecule has 0 radical (unpaired) electrons. The fraction of sp³-hybridized carbons (Fsp3) is 0.346. The first-order valence-corrected chi connectivity index (χ1v) is 12.3. The van der Waals surface area contributed by atoms with Gasteiger partial charge in [-0.3, -0.25) is 9.59 Å². The minimum absolute atomic E-state index is 0.0561. The van der Waals surface area contributed by atoms with Crippen LogP contribution in [0.5, 0.6) is 5.75 Å². The van der Waals surface area contributed by atoms with E-state index in [0.717, 1.165) is 23.1 Å². The van der Waals surface area contributed by atoms with Crippen LogP contribution in [0.25, 0.3) is 0 Å². The first-order valence-electron chi connectivity index (χ1n) is 11.4. The predicted molar refractivity (Wildman–Crippen MR) is 129 cm³/mol. The van der Waals surface area contributed by atoms with Crippen LogP contribution in [0.1, 0.15) is 59.0 Å². The molecular formula is C26H28FN3O3S. The van der Waals surface area contributed by atoms with Gasteiger partial charge in [-0.05, 0) is 61.2 Å². The molecule has 8 heteroatoms. The number of benzene rings is 2. The molecule has 0 fully saturated rings. The van der Waals surface area contributed by atoms with Gasteiger partial charge in [0.05, 0.1) is 6.04 Å². The Hall–Kier alpha value is -3.26. The van der Waals surface area contributed by atoms with Gasteiger partial charge in [-0.2, -0.15) is 0 Å². The van der Waals surface area contributed by atoms with E-state index in [1.807, 2.05) is 38.1 Å². The van der Waals surface area contributed by atoms with Crippen molar-refractivity contribution >= 4 is 23.2 Å². The lowest BCUT2D eigenvalue weighted by Crippen LogP contribution is -2.39. The van der Waals surface area contributed by atoms with E-state index in [-0.39, 0.29) is 30.3 Å². The van der Waals surface area contributed by atoms with Gasteiger partial charge in [-0.25, -0.2) is 9.37 Å². The summed E-state index contributed by atoms with van der Waals surface area (Å²) in [7, 11) is 0. The lowest BCUT2D eigenvalue weighted by Gasteiger charge is -2.37. The lowest BCUT2D eigenvalue weighted by atomic mass is 9.88. The molecule has 0 aliphatic carbocycles. The number of carbonyl (C=O) groups excluding carboxylic acids is 2. The standard InChI is InChI=1S/C26H28FN3O3S/c1-4-29(5-2)26(32)23-16-34-24(28-23)15-33-21-10-9-18-11-12-30(17(3)31)25(22(18)14-21)19-7-6-8-20(27)13-19/h6-10,13-14,16,25H,4-5,11-12,15H2,1-3H3. The summed E-state index contributed by atoms with van der Waals surface area (Å²) in [5.41, 5.74) is 3.20. The Labute approximate surface area is 203 Å². The van der Waals surface area contributed by atoms with Crippen LogP contribution in [-0.2, 0) is 17.8 Å². The van der Waals surface area contributed by atoms with Crippen LogP contribution in [0.4, 0.5) is 4.39 Å². The molecule has 0 N–H and O–H groups in total.